The van der Waals surface area contributed by atoms with E-state index >= 15 is 0 Å². The van der Waals surface area contributed by atoms with Crippen molar-refractivity contribution in [2.24, 2.45) is 20.5 Å². The SMILES string of the molecule is COc1cccc(N(C)C(=O)c2cc3ccccc3c(N=Nc3ccc4c(c3)C(=O)c3cc(N=Nc5c(OC)c(C(=O)N(C)c6cccc(OC)c6)cc6ccccc56)ccc3-4)c2OC)c1. The molecule has 0 atom stereocenters. The number of carbonyl (C=O) groups is 3. The average Bonchev–Trinajstić information content (AvgIpc) is 3.64. The molecule has 1 aliphatic rings. The highest BCUT2D eigenvalue weighted by Gasteiger charge is 2.29. The number of hydrogen-bond donors (Lipinski definition) is 0. The second-order valence-corrected chi connectivity index (χ2v) is 15.4. The second-order valence-electron chi connectivity index (χ2n) is 15.4. The van der Waals surface area contributed by atoms with Crippen molar-refractivity contribution < 1.29 is 33.3 Å². The zero-order valence-electron chi connectivity index (χ0n) is 36.9. The standard InChI is InChI=1S/C53H42N6O7/c1-58(35-15-11-17-37(29-35)63-3)52(61)45-25-31-13-7-9-19-39(31)47(50(45)65-5)56-54-33-21-23-41-42-24-22-34(28-44(42)49(60)43(41)27-33)55-57-48-40-20-10-8-14-32(40)26-46(51(48)66-6)53(62)59(2)36-16-12-18-38(30-36)64-4/h7-30H,1-6H3. The molecule has 0 radical (unpaired) electrons. The van der Waals surface area contributed by atoms with Crippen LogP contribution in [0.5, 0.6) is 23.0 Å². The first-order chi connectivity index (χ1) is 32.1. The minimum Gasteiger partial charge on any atom is -0.497 e. The number of methoxy groups -OCH3 is 4. The molecule has 0 N–H and O–H groups in total. The lowest BCUT2D eigenvalue weighted by Crippen LogP contribution is -2.26. The Labute approximate surface area is 380 Å². The second kappa shape index (κ2) is 17.8. The largest absolute Gasteiger partial charge is 0.497 e. The van der Waals surface area contributed by atoms with Gasteiger partial charge in [0.05, 0.1) is 50.9 Å². The molecule has 0 fully saturated rings. The number of benzene rings is 8. The molecular weight excluding hydrogens is 833 g/mol. The van der Waals surface area contributed by atoms with E-state index in [4.69, 9.17) is 18.9 Å². The van der Waals surface area contributed by atoms with Crippen molar-refractivity contribution in [2.45, 2.75) is 0 Å². The summed E-state index contributed by atoms with van der Waals surface area (Å²) in [6.07, 6.45) is 0. The van der Waals surface area contributed by atoms with Gasteiger partial charge >= 0.3 is 0 Å². The molecule has 0 aromatic heterocycles. The lowest BCUT2D eigenvalue weighted by Gasteiger charge is -2.20. The summed E-state index contributed by atoms with van der Waals surface area (Å²) >= 11 is 0. The highest BCUT2D eigenvalue weighted by atomic mass is 16.5. The highest BCUT2D eigenvalue weighted by molar-refractivity contribution is 6.22. The van der Waals surface area contributed by atoms with Gasteiger partial charge in [0.1, 0.15) is 22.9 Å². The fourth-order valence-electron chi connectivity index (χ4n) is 8.18. The number of nitrogens with zero attached hydrogens (tertiary/aromatic N) is 6. The van der Waals surface area contributed by atoms with E-state index in [1.54, 1.807) is 76.8 Å². The maximum Gasteiger partial charge on any atom is 0.261 e. The predicted molar refractivity (Wildman–Crippen MR) is 256 cm³/mol. The number of carbonyl (C=O) groups excluding carboxylic acids is 3. The molecule has 326 valence electrons. The fraction of sp³-hybridized carbons (Fsp3) is 0.113. The Hall–Kier alpha value is -8.71. The van der Waals surface area contributed by atoms with Crippen molar-refractivity contribution in [2.75, 3.05) is 52.3 Å². The van der Waals surface area contributed by atoms with Gasteiger partial charge in [-0.05, 0) is 82.6 Å². The molecule has 13 nitrogen and oxygen atoms in total. The zero-order chi connectivity index (χ0) is 46.1. The minimum absolute atomic E-state index is 0.207. The first kappa shape index (κ1) is 42.6. The number of rotatable bonds is 12. The molecule has 0 saturated heterocycles. The Morgan fingerprint density at radius 2 is 0.864 bits per heavy atom. The Balaban J connectivity index is 1.02. The van der Waals surface area contributed by atoms with Gasteiger partial charge in [-0.3, -0.25) is 14.4 Å². The quantitative estimate of drug-likeness (QED) is 0.111. The van der Waals surface area contributed by atoms with E-state index < -0.39 is 0 Å². The highest BCUT2D eigenvalue weighted by Crippen LogP contribution is 2.45. The topological polar surface area (TPSA) is 144 Å². The minimum atomic E-state index is -0.313. The summed E-state index contributed by atoms with van der Waals surface area (Å²) in [6.45, 7) is 0. The summed E-state index contributed by atoms with van der Waals surface area (Å²) in [7, 11) is 9.50. The van der Waals surface area contributed by atoms with Crippen LogP contribution in [0.3, 0.4) is 0 Å². The lowest BCUT2D eigenvalue weighted by molar-refractivity contribution is 0.0982. The normalized spacial score (nSPS) is 11.8. The maximum absolute atomic E-state index is 14.1. The van der Waals surface area contributed by atoms with Gasteiger partial charge in [0.25, 0.3) is 11.8 Å². The van der Waals surface area contributed by atoms with E-state index in [1.807, 2.05) is 97.1 Å². The summed E-state index contributed by atoms with van der Waals surface area (Å²) in [4.78, 5) is 45.3. The summed E-state index contributed by atoms with van der Waals surface area (Å²) in [5.41, 5.74) is 5.86. The summed E-state index contributed by atoms with van der Waals surface area (Å²) in [5.74, 6) is 0.915. The Morgan fingerprint density at radius 3 is 1.27 bits per heavy atom. The van der Waals surface area contributed by atoms with E-state index in [9.17, 15) is 14.4 Å². The molecule has 0 spiro atoms. The van der Waals surface area contributed by atoms with E-state index in [1.165, 1.54) is 24.0 Å². The number of azo groups is 2. The van der Waals surface area contributed by atoms with Crippen LogP contribution in [-0.4, -0.2) is 60.1 Å². The van der Waals surface area contributed by atoms with Crippen LogP contribution in [0.15, 0.2) is 166 Å². The Bertz CT molecular complexity index is 3110. The molecule has 13 heteroatoms. The summed E-state index contributed by atoms with van der Waals surface area (Å²) < 4.78 is 22.5. The van der Waals surface area contributed by atoms with Crippen molar-refractivity contribution in [3.63, 3.8) is 0 Å². The first-order valence-electron chi connectivity index (χ1n) is 20.8. The van der Waals surface area contributed by atoms with Gasteiger partial charge in [0.15, 0.2) is 17.3 Å². The van der Waals surface area contributed by atoms with Crippen LogP contribution in [0.1, 0.15) is 36.6 Å². The molecule has 66 heavy (non-hydrogen) atoms. The van der Waals surface area contributed by atoms with Gasteiger partial charge in [-0.1, -0.05) is 72.8 Å². The van der Waals surface area contributed by atoms with Gasteiger partial charge in [-0.2, -0.15) is 10.2 Å². The van der Waals surface area contributed by atoms with Crippen LogP contribution in [0.2, 0.25) is 0 Å². The van der Waals surface area contributed by atoms with Crippen molar-refractivity contribution in [3.05, 3.63) is 168 Å². The van der Waals surface area contributed by atoms with Gasteiger partial charge in [-0.15, -0.1) is 10.2 Å². The molecule has 0 unspecified atom stereocenters. The van der Waals surface area contributed by atoms with Gasteiger partial charge in [0, 0.05) is 59.5 Å². The van der Waals surface area contributed by atoms with Crippen molar-refractivity contribution in [3.8, 4) is 34.1 Å². The summed E-state index contributed by atoms with van der Waals surface area (Å²) in [6, 6.07) is 43.8. The monoisotopic (exact) mass is 874 g/mol. The molecule has 8 aromatic carbocycles. The molecule has 9 rings (SSSR count). The third-order valence-electron chi connectivity index (χ3n) is 11.6. The third-order valence-corrected chi connectivity index (χ3v) is 11.6. The van der Waals surface area contributed by atoms with E-state index in [2.05, 4.69) is 20.5 Å². The maximum atomic E-state index is 14.1. The van der Waals surface area contributed by atoms with Crippen molar-refractivity contribution in [1.82, 2.24) is 0 Å². The van der Waals surface area contributed by atoms with Crippen molar-refractivity contribution in [1.29, 1.82) is 0 Å². The van der Waals surface area contributed by atoms with E-state index in [0.717, 1.165) is 32.7 Å². The average molecular weight is 875 g/mol. The number of ether oxygens (including phenoxy) is 4. The van der Waals surface area contributed by atoms with Crippen molar-refractivity contribution >= 4 is 73.3 Å². The number of ketones is 1. The molecule has 2 amide bonds. The molecule has 0 aliphatic heterocycles. The molecule has 0 saturated carbocycles. The Morgan fingerprint density at radius 1 is 0.439 bits per heavy atom. The Kier molecular flexibility index (Phi) is 11.5. The van der Waals surface area contributed by atoms with Gasteiger partial charge in [0.2, 0.25) is 0 Å². The van der Waals surface area contributed by atoms with Gasteiger partial charge in [-0.25, -0.2) is 0 Å². The number of hydrogen-bond acceptors (Lipinski definition) is 11. The first-order valence-corrected chi connectivity index (χ1v) is 20.8. The predicted octanol–water partition coefficient (Wildman–Crippen LogP) is 12.6. The van der Waals surface area contributed by atoms with E-state index in [0.29, 0.717) is 67.9 Å². The molecule has 8 aromatic rings. The number of anilines is 2. The van der Waals surface area contributed by atoms with Crippen LogP contribution >= 0.6 is 0 Å². The molecule has 0 bridgehead atoms. The molecule has 0 heterocycles. The van der Waals surface area contributed by atoms with Crippen LogP contribution in [-0.2, 0) is 0 Å². The molecular formula is C53H42N6O7. The van der Waals surface area contributed by atoms with E-state index in [-0.39, 0.29) is 29.1 Å². The van der Waals surface area contributed by atoms with Crippen LogP contribution in [0, 0.1) is 0 Å². The van der Waals surface area contributed by atoms with Crippen LogP contribution < -0.4 is 28.7 Å². The summed E-state index contributed by atoms with van der Waals surface area (Å²) in [5, 5.41) is 21.5. The van der Waals surface area contributed by atoms with Crippen LogP contribution in [0.4, 0.5) is 34.1 Å². The smallest absolute Gasteiger partial charge is 0.261 e. The fourth-order valence-corrected chi connectivity index (χ4v) is 8.18. The number of fused-ring (bicyclic) bond motifs is 5. The van der Waals surface area contributed by atoms with Gasteiger partial charge < -0.3 is 28.7 Å². The van der Waals surface area contributed by atoms with Crippen LogP contribution in [0.25, 0.3) is 32.7 Å². The molecule has 1 aliphatic carbocycles. The number of amides is 2. The third kappa shape index (κ3) is 7.72. The zero-order valence-corrected chi connectivity index (χ0v) is 36.9. The lowest BCUT2D eigenvalue weighted by atomic mass is 10.0.